The number of rotatable bonds is 6. The number of nitrogens with two attached hydrogens (primary N) is 1. The van der Waals surface area contributed by atoms with Crippen LogP contribution in [0.2, 0.25) is 0 Å². The lowest BCUT2D eigenvalue weighted by Gasteiger charge is -2.47. The van der Waals surface area contributed by atoms with Crippen LogP contribution in [0.1, 0.15) is 54.9 Å². The van der Waals surface area contributed by atoms with Crippen LogP contribution < -0.4 is 10.5 Å². The quantitative estimate of drug-likeness (QED) is 0.675. The third-order valence-electron chi connectivity index (χ3n) is 6.74. The molecule has 3 fully saturated rings. The summed E-state index contributed by atoms with van der Waals surface area (Å²) in [6.07, 6.45) is 2.63. The van der Waals surface area contributed by atoms with E-state index in [1.165, 1.54) is 7.05 Å². The number of hydrogen-bond acceptors (Lipinski definition) is 5. The number of carbonyl (C=O) groups excluding carboxylic acids is 3. The molecular formula is C21H28N4O5S. The van der Waals surface area contributed by atoms with Gasteiger partial charge in [0.25, 0.3) is 0 Å². The monoisotopic (exact) mass is 448 g/mol. The molecule has 168 valence electrons. The largest absolute Gasteiger partial charge is 0.366 e. The van der Waals surface area contributed by atoms with Crippen LogP contribution in [-0.4, -0.2) is 59.9 Å². The topological polar surface area (TPSA) is 130 Å². The highest BCUT2D eigenvalue weighted by Gasteiger charge is 2.51. The fourth-order valence-corrected chi connectivity index (χ4v) is 6.60. The Morgan fingerprint density at radius 1 is 1.26 bits per heavy atom. The zero-order valence-electron chi connectivity index (χ0n) is 17.7. The van der Waals surface area contributed by atoms with Crippen LogP contribution in [0.3, 0.4) is 0 Å². The summed E-state index contributed by atoms with van der Waals surface area (Å²) < 4.78 is 28.6. The number of fused-ring (bicyclic) bond motifs is 1. The Morgan fingerprint density at radius 3 is 2.61 bits per heavy atom. The van der Waals surface area contributed by atoms with Crippen molar-refractivity contribution in [3.05, 3.63) is 35.4 Å². The lowest BCUT2D eigenvalue weighted by molar-refractivity contribution is -0.139. The van der Waals surface area contributed by atoms with Gasteiger partial charge in [-0.2, -0.15) is 0 Å². The zero-order valence-corrected chi connectivity index (χ0v) is 18.5. The predicted molar refractivity (Wildman–Crippen MR) is 113 cm³/mol. The van der Waals surface area contributed by atoms with Crippen molar-refractivity contribution >= 4 is 27.9 Å². The van der Waals surface area contributed by atoms with Crippen LogP contribution in [0, 0.1) is 5.92 Å². The number of sulfonamides is 1. The average Bonchev–Trinajstić information content (AvgIpc) is 3.45. The fraction of sp³-hybridized carbons (Fsp3) is 0.571. The molecule has 10 heteroatoms. The summed E-state index contributed by atoms with van der Waals surface area (Å²) >= 11 is 0. The highest BCUT2D eigenvalue weighted by atomic mass is 32.2. The second-order valence-corrected chi connectivity index (χ2v) is 11.1. The summed E-state index contributed by atoms with van der Waals surface area (Å²) in [6, 6.07) is 5.94. The van der Waals surface area contributed by atoms with E-state index in [-0.39, 0.29) is 30.5 Å². The van der Waals surface area contributed by atoms with Gasteiger partial charge in [0.15, 0.2) is 0 Å². The Bertz CT molecular complexity index is 1040. The molecule has 1 saturated heterocycles. The summed E-state index contributed by atoms with van der Waals surface area (Å²) in [5, 5.41) is -0.656. The first-order chi connectivity index (χ1) is 14.5. The molecule has 9 nitrogen and oxygen atoms in total. The van der Waals surface area contributed by atoms with E-state index in [2.05, 4.69) is 4.72 Å². The van der Waals surface area contributed by atoms with E-state index in [1.54, 1.807) is 29.2 Å². The number of carbonyl (C=O) groups is 3. The van der Waals surface area contributed by atoms with Gasteiger partial charge >= 0.3 is 6.03 Å². The van der Waals surface area contributed by atoms with Gasteiger partial charge in [-0.3, -0.25) is 14.5 Å². The van der Waals surface area contributed by atoms with Crippen molar-refractivity contribution < 1.29 is 22.8 Å². The van der Waals surface area contributed by atoms with E-state index in [0.29, 0.717) is 18.4 Å². The zero-order chi connectivity index (χ0) is 22.6. The van der Waals surface area contributed by atoms with Crippen molar-refractivity contribution in [2.24, 2.45) is 11.7 Å². The predicted octanol–water partition coefficient (Wildman–Crippen LogP) is 1.19. The number of nitrogens with zero attached hydrogens (tertiary/aromatic N) is 2. The number of amides is 4. The number of urea groups is 1. The lowest BCUT2D eigenvalue weighted by atomic mass is 9.80. The van der Waals surface area contributed by atoms with Crippen molar-refractivity contribution in [1.82, 2.24) is 14.5 Å². The van der Waals surface area contributed by atoms with Gasteiger partial charge in [0, 0.05) is 30.7 Å². The Hall–Kier alpha value is -2.46. The molecule has 3 atom stereocenters. The Kier molecular flexibility index (Phi) is 5.33. The summed E-state index contributed by atoms with van der Waals surface area (Å²) in [7, 11) is -2.12. The van der Waals surface area contributed by atoms with Crippen molar-refractivity contribution in [3.63, 3.8) is 0 Å². The lowest BCUT2D eigenvalue weighted by Crippen LogP contribution is -2.62. The van der Waals surface area contributed by atoms with Gasteiger partial charge in [0.05, 0.1) is 11.2 Å². The average molecular weight is 449 g/mol. The molecule has 31 heavy (non-hydrogen) atoms. The second kappa shape index (κ2) is 7.59. The minimum atomic E-state index is -3.55. The van der Waals surface area contributed by atoms with Gasteiger partial charge in [-0.05, 0) is 56.7 Å². The molecule has 1 aliphatic heterocycles. The maximum absolute atomic E-state index is 12.9. The van der Waals surface area contributed by atoms with E-state index >= 15 is 0 Å². The first-order valence-corrected chi connectivity index (χ1v) is 12.1. The third kappa shape index (κ3) is 4.18. The number of benzene rings is 1. The Balaban J connectivity index is 1.56. The molecule has 3 N–H and O–H groups in total. The van der Waals surface area contributed by atoms with Gasteiger partial charge in [-0.1, -0.05) is 12.1 Å². The minimum absolute atomic E-state index is 0.185. The van der Waals surface area contributed by atoms with E-state index in [0.717, 1.165) is 23.3 Å². The van der Waals surface area contributed by atoms with E-state index in [9.17, 15) is 22.8 Å². The molecule has 1 heterocycles. The summed E-state index contributed by atoms with van der Waals surface area (Å²) in [6.45, 7) is 2.10. The van der Waals surface area contributed by atoms with Gasteiger partial charge in [0.1, 0.15) is 0 Å². The van der Waals surface area contributed by atoms with Gasteiger partial charge in [-0.15, -0.1) is 0 Å². The first-order valence-electron chi connectivity index (χ1n) is 10.5. The van der Waals surface area contributed by atoms with E-state index in [4.69, 9.17) is 5.73 Å². The van der Waals surface area contributed by atoms with Crippen molar-refractivity contribution in [1.29, 1.82) is 0 Å². The standard InChI is InChI=1S/C21H28N4O5S/c1-21(8-9-21)23-31(29,30)15-6-7-17-16(11-15)19(27)24(2)20(28)25(17)12-13-4-3-5-14(10-13)18(22)26/h3-5,10,15-17,23H,6-9,11-12H2,1-2H3,(H2,22,26). The van der Waals surface area contributed by atoms with Gasteiger partial charge in [-0.25, -0.2) is 17.9 Å². The van der Waals surface area contributed by atoms with Gasteiger partial charge in [0.2, 0.25) is 21.8 Å². The van der Waals surface area contributed by atoms with Crippen molar-refractivity contribution in [2.45, 2.75) is 62.4 Å². The Labute approximate surface area is 182 Å². The van der Waals surface area contributed by atoms with E-state index in [1.807, 2.05) is 6.92 Å². The molecule has 2 aliphatic carbocycles. The normalized spacial score (nSPS) is 27.7. The molecule has 3 unspecified atom stereocenters. The fourth-order valence-electron chi connectivity index (χ4n) is 4.63. The van der Waals surface area contributed by atoms with Crippen molar-refractivity contribution in [2.75, 3.05) is 7.05 Å². The molecule has 0 aromatic heterocycles. The molecule has 3 aliphatic rings. The number of primary amides is 1. The first kappa shape index (κ1) is 21.8. The van der Waals surface area contributed by atoms with Crippen LogP contribution in [0.25, 0.3) is 0 Å². The molecule has 0 spiro atoms. The van der Waals surface area contributed by atoms with Crippen LogP contribution in [0.15, 0.2) is 24.3 Å². The minimum Gasteiger partial charge on any atom is -0.366 e. The summed E-state index contributed by atoms with van der Waals surface area (Å²) in [4.78, 5) is 40.0. The molecule has 4 amide bonds. The number of nitrogens with one attached hydrogen (secondary N) is 1. The smallest absolute Gasteiger partial charge is 0.327 e. The molecule has 4 rings (SSSR count). The SMILES string of the molecule is CN1C(=O)C2CC(S(=O)(=O)NC3(C)CC3)CCC2N(Cc2cccc(C(N)=O)c2)C1=O. The summed E-state index contributed by atoms with van der Waals surface area (Å²) in [5.41, 5.74) is 6.06. The van der Waals surface area contributed by atoms with Gasteiger partial charge < -0.3 is 10.6 Å². The summed E-state index contributed by atoms with van der Waals surface area (Å²) in [5.74, 6) is -1.47. The number of imide groups is 1. The van der Waals surface area contributed by atoms with Crippen molar-refractivity contribution in [3.8, 4) is 0 Å². The Morgan fingerprint density at radius 2 is 1.97 bits per heavy atom. The molecular weight excluding hydrogens is 420 g/mol. The molecule has 0 radical (unpaired) electrons. The third-order valence-corrected chi connectivity index (χ3v) is 8.82. The highest BCUT2D eigenvalue weighted by molar-refractivity contribution is 7.90. The van der Waals surface area contributed by atoms with E-state index < -0.39 is 33.1 Å². The molecule has 0 bridgehead atoms. The highest BCUT2D eigenvalue weighted by Crippen LogP contribution is 2.40. The van der Waals surface area contributed by atoms with Crippen LogP contribution in [0.4, 0.5) is 4.79 Å². The maximum atomic E-state index is 12.9. The molecule has 2 saturated carbocycles. The van der Waals surface area contributed by atoms with Crippen LogP contribution >= 0.6 is 0 Å². The number of hydrogen-bond donors (Lipinski definition) is 2. The van der Waals surface area contributed by atoms with Crippen LogP contribution in [-0.2, 0) is 21.4 Å². The second-order valence-electron chi connectivity index (χ2n) is 9.19. The molecule has 1 aromatic carbocycles. The van der Waals surface area contributed by atoms with Crippen LogP contribution in [0.5, 0.6) is 0 Å². The maximum Gasteiger partial charge on any atom is 0.327 e. The molecule has 1 aromatic rings.